The summed E-state index contributed by atoms with van der Waals surface area (Å²) in [5.41, 5.74) is 0. The summed E-state index contributed by atoms with van der Waals surface area (Å²) in [6.07, 6.45) is 38.2. The number of carbonyl (C=O) groups is 1. The fourth-order valence-corrected chi connectivity index (χ4v) is 4.54. The number of hydrogen-bond donors (Lipinski definition) is 0. The first-order chi connectivity index (χ1) is 16.8. The number of hydrogen-bond acceptors (Lipinski definition) is 2. The van der Waals surface area contributed by atoms with Gasteiger partial charge in [0.15, 0.2) is 0 Å². The molecule has 34 heavy (non-hydrogen) atoms. The van der Waals surface area contributed by atoms with Gasteiger partial charge in [-0.2, -0.15) is 0 Å². The third kappa shape index (κ3) is 29.2. The van der Waals surface area contributed by atoms with Crippen molar-refractivity contribution in [2.24, 2.45) is 0 Å². The maximum absolute atomic E-state index is 11.8. The van der Waals surface area contributed by atoms with Crippen molar-refractivity contribution >= 4 is 5.97 Å². The van der Waals surface area contributed by atoms with Gasteiger partial charge in [-0.1, -0.05) is 148 Å². The summed E-state index contributed by atoms with van der Waals surface area (Å²) in [7, 11) is 0. The number of esters is 1. The van der Waals surface area contributed by atoms with E-state index in [-0.39, 0.29) is 5.97 Å². The fraction of sp³-hybridized carbons (Fsp3) is 0.906. The van der Waals surface area contributed by atoms with Crippen LogP contribution in [-0.2, 0) is 9.53 Å². The van der Waals surface area contributed by atoms with Crippen LogP contribution in [0.2, 0.25) is 0 Å². The van der Waals surface area contributed by atoms with Crippen LogP contribution in [0.15, 0.2) is 12.2 Å². The van der Waals surface area contributed by atoms with E-state index in [4.69, 9.17) is 4.74 Å². The molecule has 0 aromatic rings. The third-order valence-corrected chi connectivity index (χ3v) is 6.90. The first kappa shape index (κ1) is 33.2. The Morgan fingerprint density at radius 1 is 0.471 bits per heavy atom. The zero-order valence-corrected chi connectivity index (χ0v) is 23.6. The molecule has 2 nitrogen and oxygen atoms in total. The second-order valence-corrected chi connectivity index (χ2v) is 10.4. The van der Waals surface area contributed by atoms with Crippen LogP contribution in [0.25, 0.3) is 0 Å². The molecule has 0 aromatic heterocycles. The van der Waals surface area contributed by atoms with Crippen molar-refractivity contribution in [3.63, 3.8) is 0 Å². The normalized spacial score (nSPS) is 11.5. The van der Waals surface area contributed by atoms with Crippen LogP contribution >= 0.6 is 0 Å². The van der Waals surface area contributed by atoms with Crippen LogP contribution in [0, 0.1) is 0 Å². The van der Waals surface area contributed by atoms with Gasteiger partial charge in [-0.15, -0.1) is 0 Å². The molecule has 0 spiro atoms. The van der Waals surface area contributed by atoms with Crippen LogP contribution in [0.1, 0.15) is 181 Å². The maximum atomic E-state index is 11.8. The molecular formula is C32H62O2. The molecule has 0 heterocycles. The van der Waals surface area contributed by atoms with E-state index < -0.39 is 0 Å². The highest BCUT2D eigenvalue weighted by atomic mass is 16.5. The Hall–Kier alpha value is -0.790. The Kier molecular flexibility index (Phi) is 29.5. The van der Waals surface area contributed by atoms with Gasteiger partial charge in [-0.25, -0.2) is 0 Å². The molecule has 0 aliphatic carbocycles. The summed E-state index contributed by atoms with van der Waals surface area (Å²) >= 11 is 0. The first-order valence-corrected chi connectivity index (χ1v) is 15.6. The number of carbonyl (C=O) groups excluding carboxylic acids is 1. The molecule has 0 radical (unpaired) electrons. The monoisotopic (exact) mass is 478 g/mol. The molecule has 0 saturated carbocycles. The Labute approximate surface area is 215 Å². The van der Waals surface area contributed by atoms with E-state index >= 15 is 0 Å². The fourth-order valence-electron chi connectivity index (χ4n) is 4.54. The van der Waals surface area contributed by atoms with E-state index in [1.807, 2.05) is 0 Å². The minimum atomic E-state index is 0.0166. The molecule has 0 N–H and O–H groups in total. The summed E-state index contributed by atoms with van der Waals surface area (Å²) in [6.45, 7) is 5.18. The topological polar surface area (TPSA) is 26.3 Å². The predicted molar refractivity (Wildman–Crippen MR) is 151 cm³/mol. The quantitative estimate of drug-likeness (QED) is 0.0634. The molecular weight excluding hydrogens is 416 g/mol. The van der Waals surface area contributed by atoms with Gasteiger partial charge < -0.3 is 4.74 Å². The van der Waals surface area contributed by atoms with Crippen LogP contribution < -0.4 is 0 Å². The van der Waals surface area contributed by atoms with Crippen LogP contribution in [0.3, 0.4) is 0 Å². The van der Waals surface area contributed by atoms with Gasteiger partial charge in [0.2, 0.25) is 0 Å². The zero-order chi connectivity index (χ0) is 24.8. The van der Waals surface area contributed by atoms with Crippen LogP contribution in [0.5, 0.6) is 0 Å². The van der Waals surface area contributed by atoms with Gasteiger partial charge in [-0.3, -0.25) is 4.79 Å². The Bertz CT molecular complexity index is 415. The lowest BCUT2D eigenvalue weighted by Gasteiger charge is -2.05. The maximum Gasteiger partial charge on any atom is 0.305 e. The number of allylic oxidation sites excluding steroid dienone is 2. The molecule has 0 aliphatic rings. The SMILES string of the molecule is CCCCCCCC=CCCCCCCCCC(=O)OCCCCCCCCCCCCCC. The number of unbranched alkanes of at least 4 members (excludes halogenated alkanes) is 22. The van der Waals surface area contributed by atoms with E-state index in [2.05, 4.69) is 26.0 Å². The Balaban J connectivity index is 3.19. The van der Waals surface area contributed by atoms with Crippen molar-refractivity contribution in [3.05, 3.63) is 12.2 Å². The predicted octanol–water partition coefficient (Wildman–Crippen LogP) is 11.3. The number of ether oxygens (including phenoxy) is 1. The molecule has 0 unspecified atom stereocenters. The Morgan fingerprint density at radius 3 is 1.26 bits per heavy atom. The summed E-state index contributed by atoms with van der Waals surface area (Å²) in [5.74, 6) is 0.0166. The third-order valence-electron chi connectivity index (χ3n) is 6.90. The second kappa shape index (κ2) is 30.2. The number of rotatable bonds is 28. The zero-order valence-electron chi connectivity index (χ0n) is 23.6. The minimum absolute atomic E-state index is 0.0166. The van der Waals surface area contributed by atoms with Crippen molar-refractivity contribution in [1.82, 2.24) is 0 Å². The highest BCUT2D eigenvalue weighted by molar-refractivity contribution is 5.69. The molecule has 0 amide bonds. The first-order valence-electron chi connectivity index (χ1n) is 15.6. The lowest BCUT2D eigenvalue weighted by molar-refractivity contribution is -0.143. The van der Waals surface area contributed by atoms with E-state index in [0.29, 0.717) is 13.0 Å². The average Bonchev–Trinajstić information content (AvgIpc) is 2.84. The summed E-state index contributed by atoms with van der Waals surface area (Å²) < 4.78 is 5.41. The van der Waals surface area contributed by atoms with Gasteiger partial charge in [0, 0.05) is 6.42 Å². The lowest BCUT2D eigenvalue weighted by Crippen LogP contribution is -2.05. The van der Waals surface area contributed by atoms with Crippen molar-refractivity contribution in [2.45, 2.75) is 181 Å². The van der Waals surface area contributed by atoms with Crippen molar-refractivity contribution in [2.75, 3.05) is 6.61 Å². The summed E-state index contributed by atoms with van der Waals surface area (Å²) in [6, 6.07) is 0. The summed E-state index contributed by atoms with van der Waals surface area (Å²) in [4.78, 5) is 11.8. The lowest BCUT2D eigenvalue weighted by atomic mass is 10.1. The van der Waals surface area contributed by atoms with E-state index in [0.717, 1.165) is 12.8 Å². The van der Waals surface area contributed by atoms with Crippen LogP contribution in [-0.4, -0.2) is 12.6 Å². The van der Waals surface area contributed by atoms with Gasteiger partial charge in [0.05, 0.1) is 6.61 Å². The average molecular weight is 479 g/mol. The molecule has 0 fully saturated rings. The highest BCUT2D eigenvalue weighted by Crippen LogP contribution is 2.13. The molecule has 0 bridgehead atoms. The van der Waals surface area contributed by atoms with Crippen LogP contribution in [0.4, 0.5) is 0 Å². The molecule has 0 rings (SSSR count). The molecule has 0 atom stereocenters. The van der Waals surface area contributed by atoms with Gasteiger partial charge in [0.25, 0.3) is 0 Å². The second-order valence-electron chi connectivity index (χ2n) is 10.4. The van der Waals surface area contributed by atoms with Crippen molar-refractivity contribution in [3.8, 4) is 0 Å². The highest BCUT2D eigenvalue weighted by Gasteiger charge is 2.02. The summed E-state index contributed by atoms with van der Waals surface area (Å²) in [5, 5.41) is 0. The standard InChI is InChI=1S/C32H62O2/c1-3-5-7-9-11-13-15-17-18-19-20-22-24-26-28-30-32(33)34-31-29-27-25-23-21-16-14-12-10-8-6-4-2/h15,17H,3-14,16,18-31H2,1-2H3. The van der Waals surface area contributed by atoms with Gasteiger partial charge in [0.1, 0.15) is 0 Å². The molecule has 0 saturated heterocycles. The van der Waals surface area contributed by atoms with Crippen molar-refractivity contribution in [1.29, 1.82) is 0 Å². The molecule has 202 valence electrons. The Morgan fingerprint density at radius 2 is 0.824 bits per heavy atom. The molecule has 0 aliphatic heterocycles. The molecule has 2 heteroatoms. The largest absolute Gasteiger partial charge is 0.466 e. The van der Waals surface area contributed by atoms with Gasteiger partial charge >= 0.3 is 5.97 Å². The van der Waals surface area contributed by atoms with E-state index in [9.17, 15) is 4.79 Å². The minimum Gasteiger partial charge on any atom is -0.466 e. The van der Waals surface area contributed by atoms with E-state index in [1.165, 1.54) is 148 Å². The smallest absolute Gasteiger partial charge is 0.305 e. The van der Waals surface area contributed by atoms with E-state index in [1.54, 1.807) is 0 Å². The van der Waals surface area contributed by atoms with Gasteiger partial charge in [-0.05, 0) is 38.5 Å². The van der Waals surface area contributed by atoms with Crippen molar-refractivity contribution < 1.29 is 9.53 Å². The molecule has 0 aromatic carbocycles.